The van der Waals surface area contributed by atoms with Crippen LogP contribution >= 0.6 is 46.4 Å². The average Bonchev–Trinajstić information content (AvgIpc) is 1.59. The predicted molar refractivity (Wildman–Crippen MR) is 448 cm³/mol. The molecule has 0 N–H and O–H groups in total. The molecule has 16 rings (SSSR count). The van der Waals surface area contributed by atoms with E-state index < -0.39 is 0 Å². The summed E-state index contributed by atoms with van der Waals surface area (Å²) in [6.45, 7) is 3.80. The van der Waals surface area contributed by atoms with Crippen LogP contribution < -0.4 is 14.2 Å². The van der Waals surface area contributed by atoms with E-state index in [-0.39, 0.29) is 53.4 Å². The minimum Gasteiger partial charge on any atom is -0.497 e. The maximum absolute atomic E-state index is 14.4. The van der Waals surface area contributed by atoms with Crippen molar-refractivity contribution in [1.82, 2.24) is 24.3 Å². The van der Waals surface area contributed by atoms with E-state index in [9.17, 15) is 14.4 Å². The lowest BCUT2D eigenvalue weighted by atomic mass is 9.74. The molecule has 6 saturated carbocycles. The highest BCUT2D eigenvalue weighted by atomic mass is 35.5. The van der Waals surface area contributed by atoms with Gasteiger partial charge in [0.25, 0.3) is 0 Å². The summed E-state index contributed by atoms with van der Waals surface area (Å²) in [6.07, 6.45) is 26.1. The van der Waals surface area contributed by atoms with Gasteiger partial charge in [0.2, 0.25) is 17.7 Å². The van der Waals surface area contributed by atoms with Crippen molar-refractivity contribution in [3.63, 3.8) is 0 Å². The van der Waals surface area contributed by atoms with E-state index in [0.717, 1.165) is 179 Å². The van der Waals surface area contributed by atoms with Crippen molar-refractivity contribution < 1.29 is 33.3 Å². The molecule has 16 heteroatoms. The molecule has 0 saturated heterocycles. The molecule has 2 heterocycles. The number of halogens is 4. The summed E-state index contributed by atoms with van der Waals surface area (Å²) in [4.78, 5) is 53.1. The van der Waals surface area contributed by atoms with Gasteiger partial charge in [-0.25, -0.2) is 0 Å². The first-order valence-corrected chi connectivity index (χ1v) is 41.8. The molecule has 12 nitrogen and oxygen atoms in total. The van der Waals surface area contributed by atoms with Gasteiger partial charge in [-0.1, -0.05) is 224 Å². The van der Waals surface area contributed by atoms with Crippen LogP contribution in [-0.4, -0.2) is 88.0 Å². The summed E-state index contributed by atoms with van der Waals surface area (Å²) in [6, 6.07) is 67.2. The standard InChI is InChI=1S/C35H40N2O2.C32H35Cl2NO4.C28H28Cl2N2O/c1-39-22-10-21-36-24-29(32-16-7-8-18-34(32)36)25-37(30-19-20-30)35(38)33-17-6-5-15-31(33)28-14-9-13-27(23-28)26-11-3-2-4-12-26;1-37-26-15-21(16-27(18-26)38-2)20-39-25-9-5-7-22(17-25)28-10-3-4-11-29(28)32(36)35(24-13-14-24)19-23-8-6-12-30(33)31(23)34;29-26-12-4-8-22(27(26)30)18-32(23-13-14-23)28(33)25-11-2-1-10-24(25)20-7-3-6-19(16-20)21-9-5-15-31-17-21/h2-4,7-9,11-14,16,18,23-24,30-31,33H,5-6,10,15,17,19-22,25H2,1H3;5-9,12,15-18,24,28-29H,3-4,10-11,13-14,19-20H2,1-2H3;3-9,12,15-17,23-25H,1-2,10-11,13-14,18H2/t31-,33+;28-,29+;24-,25+/m111/s1. The highest BCUT2D eigenvalue weighted by Gasteiger charge is 2.44. The Morgan fingerprint density at radius 1 is 0.432 bits per heavy atom. The number of amides is 3. The third-order valence-corrected chi connectivity index (χ3v) is 25.3. The fourth-order valence-corrected chi connectivity index (χ4v) is 18.1. The fourth-order valence-electron chi connectivity index (χ4n) is 17.4. The van der Waals surface area contributed by atoms with E-state index in [1.165, 1.54) is 45.1 Å². The van der Waals surface area contributed by atoms with Gasteiger partial charge < -0.3 is 38.2 Å². The second kappa shape index (κ2) is 37.8. The summed E-state index contributed by atoms with van der Waals surface area (Å²) in [7, 11) is 5.03. The Morgan fingerprint density at radius 2 is 0.883 bits per heavy atom. The molecule has 578 valence electrons. The number of aryl methyl sites for hydroxylation is 1. The molecule has 0 bridgehead atoms. The van der Waals surface area contributed by atoms with E-state index in [1.54, 1.807) is 39.7 Å². The highest BCUT2D eigenvalue weighted by Crippen LogP contribution is 2.47. The van der Waals surface area contributed by atoms with E-state index in [0.29, 0.717) is 64.3 Å². The summed E-state index contributed by atoms with van der Waals surface area (Å²) >= 11 is 25.5. The lowest BCUT2D eigenvalue weighted by Gasteiger charge is -2.35. The molecule has 2 aromatic heterocycles. The molecule has 0 spiro atoms. The predicted octanol–water partition coefficient (Wildman–Crippen LogP) is 23.4. The lowest BCUT2D eigenvalue weighted by molar-refractivity contribution is -0.139. The Labute approximate surface area is 675 Å². The fraction of sp³-hybridized carbons (Fsp3) is 0.389. The topological polar surface area (TPSA) is 116 Å². The van der Waals surface area contributed by atoms with E-state index in [4.69, 9.17) is 65.4 Å². The minimum absolute atomic E-state index is 0.00135. The number of carbonyl (C=O) groups excluding carboxylic acids is 3. The van der Waals surface area contributed by atoms with Crippen LogP contribution in [-0.2, 0) is 51.9 Å². The quantitative estimate of drug-likeness (QED) is 0.0492. The molecule has 6 aliphatic rings. The van der Waals surface area contributed by atoms with Crippen LogP contribution in [0.1, 0.15) is 179 Å². The number of fused-ring (bicyclic) bond motifs is 1. The normalized spacial score (nSPS) is 19.5. The molecule has 0 unspecified atom stereocenters. The number of rotatable bonds is 26. The molecule has 6 fully saturated rings. The summed E-state index contributed by atoms with van der Waals surface area (Å²) in [5.41, 5.74) is 13.8. The molecular formula is C95H103Cl4N5O7. The second-order valence-electron chi connectivity index (χ2n) is 31.2. The van der Waals surface area contributed by atoms with Crippen LogP contribution in [0.3, 0.4) is 0 Å². The molecule has 0 radical (unpaired) electrons. The van der Waals surface area contributed by atoms with E-state index >= 15 is 0 Å². The van der Waals surface area contributed by atoms with Gasteiger partial charge in [-0.15, -0.1) is 0 Å². The number of hydrogen-bond donors (Lipinski definition) is 0. The second-order valence-corrected chi connectivity index (χ2v) is 32.7. The number of aromatic nitrogens is 2. The smallest absolute Gasteiger partial charge is 0.226 e. The van der Waals surface area contributed by atoms with Crippen molar-refractivity contribution in [1.29, 1.82) is 0 Å². The lowest BCUT2D eigenvalue weighted by Crippen LogP contribution is -2.40. The zero-order valence-corrected chi connectivity index (χ0v) is 67.2. The molecule has 6 aliphatic carbocycles. The van der Waals surface area contributed by atoms with Crippen molar-refractivity contribution in [2.24, 2.45) is 17.8 Å². The van der Waals surface area contributed by atoms with Crippen molar-refractivity contribution in [3.05, 3.63) is 272 Å². The van der Waals surface area contributed by atoms with E-state index in [1.807, 2.05) is 66.9 Å². The summed E-state index contributed by atoms with van der Waals surface area (Å²) in [5, 5.41) is 3.43. The number of ether oxygens (including phenoxy) is 4. The third-order valence-electron chi connectivity index (χ3n) is 23.6. The molecule has 10 aromatic rings. The van der Waals surface area contributed by atoms with Crippen LogP contribution in [0.25, 0.3) is 33.2 Å². The largest absolute Gasteiger partial charge is 0.497 e. The highest BCUT2D eigenvalue weighted by molar-refractivity contribution is 6.43. The Kier molecular flexibility index (Phi) is 26.9. The van der Waals surface area contributed by atoms with Crippen LogP contribution in [0.2, 0.25) is 20.1 Å². The minimum atomic E-state index is -0.0600. The Morgan fingerprint density at radius 3 is 1.38 bits per heavy atom. The van der Waals surface area contributed by atoms with Crippen LogP contribution in [0.4, 0.5) is 0 Å². The summed E-state index contributed by atoms with van der Waals surface area (Å²) < 4.78 is 24.6. The van der Waals surface area contributed by atoms with Gasteiger partial charge in [0.1, 0.15) is 23.9 Å². The van der Waals surface area contributed by atoms with E-state index in [2.05, 4.69) is 152 Å². The van der Waals surface area contributed by atoms with Crippen LogP contribution in [0, 0.1) is 17.8 Å². The first kappa shape index (κ1) is 79.0. The van der Waals surface area contributed by atoms with Gasteiger partial charge in [0, 0.05) is 111 Å². The SMILES string of the molecule is COCCCn1cc(CN(C(=O)[C@H]2CCCC[C@@H]2c2cccc(-c3ccccc3)c2)C2CC2)c2ccccc21.COc1cc(COc2cccc([C@H]3CCCC[C@@H]3C(=O)N(Cc3cccc(Cl)c3Cl)C3CC3)c2)cc(OC)c1.O=C([C@H]1CCCC[C@@H]1c1cccc(-c2cccnc2)c1)N(Cc1cccc(Cl)c1Cl)C1CC1. The molecule has 111 heavy (non-hydrogen) atoms. The van der Waals surface area contributed by atoms with Crippen molar-refractivity contribution in [3.8, 4) is 39.5 Å². The molecule has 8 aromatic carbocycles. The van der Waals surface area contributed by atoms with Crippen LogP contribution in [0.15, 0.2) is 213 Å². The van der Waals surface area contributed by atoms with Gasteiger partial charge in [-0.2, -0.15) is 0 Å². The monoisotopic (exact) mass is 1570 g/mol. The van der Waals surface area contributed by atoms with Crippen LogP contribution in [0.5, 0.6) is 17.2 Å². The zero-order chi connectivity index (χ0) is 76.7. The Bertz CT molecular complexity index is 4770. The van der Waals surface area contributed by atoms with Crippen molar-refractivity contribution in [2.75, 3.05) is 27.9 Å². The number of pyridine rings is 1. The van der Waals surface area contributed by atoms with Crippen molar-refractivity contribution in [2.45, 2.75) is 191 Å². The Hall–Kier alpha value is -8.62. The van der Waals surface area contributed by atoms with Gasteiger partial charge in [-0.3, -0.25) is 19.4 Å². The summed E-state index contributed by atoms with van der Waals surface area (Å²) in [5.74, 6) is 3.77. The number of nitrogens with zero attached hydrogens (tertiary/aromatic N) is 5. The zero-order valence-electron chi connectivity index (χ0n) is 64.2. The maximum atomic E-state index is 14.4. The maximum Gasteiger partial charge on any atom is 0.226 e. The molecule has 0 aliphatic heterocycles. The average molecular weight is 1570 g/mol. The molecule has 3 amide bonds. The van der Waals surface area contributed by atoms with Gasteiger partial charge in [0.05, 0.1) is 34.3 Å². The number of methoxy groups -OCH3 is 3. The first-order valence-electron chi connectivity index (χ1n) is 40.2. The Balaban J connectivity index is 0.000000139. The van der Waals surface area contributed by atoms with Gasteiger partial charge in [0.15, 0.2) is 0 Å². The third kappa shape index (κ3) is 19.9. The van der Waals surface area contributed by atoms with Gasteiger partial charge in [-0.05, 0) is 211 Å². The molecule has 6 atom stereocenters. The van der Waals surface area contributed by atoms with Gasteiger partial charge >= 0.3 is 0 Å². The number of para-hydroxylation sites is 1. The molecular weight excluding hydrogens is 1460 g/mol. The number of hydrogen-bond acceptors (Lipinski definition) is 8. The number of benzene rings is 8. The first-order chi connectivity index (χ1) is 54.3. The van der Waals surface area contributed by atoms with Crippen molar-refractivity contribution >= 4 is 75.0 Å². The number of carbonyl (C=O) groups is 3.